The van der Waals surface area contributed by atoms with Crippen LogP contribution < -0.4 is 10.1 Å². The van der Waals surface area contributed by atoms with Gasteiger partial charge in [0.15, 0.2) is 3.92 Å². The third-order valence-electron chi connectivity index (χ3n) is 2.88. The van der Waals surface area contributed by atoms with Gasteiger partial charge < -0.3 is 10.1 Å². The lowest BCUT2D eigenvalue weighted by Crippen LogP contribution is -2.47. The lowest BCUT2D eigenvalue weighted by atomic mass is 10.1. The summed E-state index contributed by atoms with van der Waals surface area (Å²) in [5.41, 5.74) is -0.323. The van der Waals surface area contributed by atoms with E-state index in [1.54, 1.807) is 6.92 Å². The van der Waals surface area contributed by atoms with Crippen molar-refractivity contribution in [3.05, 3.63) is 22.1 Å². The van der Waals surface area contributed by atoms with Gasteiger partial charge in [-0.25, -0.2) is 4.98 Å². The van der Waals surface area contributed by atoms with Gasteiger partial charge in [0.1, 0.15) is 5.75 Å². The first kappa shape index (κ1) is 18.1. The smallest absolute Gasteiger partial charge is 0.272 e. The molecule has 0 aliphatic heterocycles. The summed E-state index contributed by atoms with van der Waals surface area (Å²) in [4.78, 5) is 16.7. The second kappa shape index (κ2) is 7.56. The van der Waals surface area contributed by atoms with Gasteiger partial charge in [-0.2, -0.15) is 0 Å². The average Bonchev–Trinajstić information content (AvgIpc) is 2.83. The van der Waals surface area contributed by atoms with Crippen LogP contribution in [0.3, 0.4) is 0 Å². The second-order valence-electron chi connectivity index (χ2n) is 5.27. The van der Waals surface area contributed by atoms with Crippen LogP contribution in [-0.2, 0) is 4.79 Å². The standard InChI is InChI=1S/C16H17BrN2O2S2/c1-5-8-16(2,3)19-13(20)14(22-4)21-10-6-7-11-12(9-10)23-15(17)18-11/h6-7,9,14H,1-4H3,(H,19,20). The highest BCUT2D eigenvalue weighted by molar-refractivity contribution is 9.11. The molecule has 0 fully saturated rings. The normalized spacial score (nSPS) is 12.4. The summed E-state index contributed by atoms with van der Waals surface area (Å²) in [5.74, 6) is 6.23. The number of halogens is 1. The minimum absolute atomic E-state index is 0.198. The number of carbonyl (C=O) groups is 1. The summed E-state index contributed by atoms with van der Waals surface area (Å²) in [6, 6.07) is 5.60. The molecule has 0 radical (unpaired) electrons. The summed E-state index contributed by atoms with van der Waals surface area (Å²) in [6.45, 7) is 5.47. The van der Waals surface area contributed by atoms with E-state index in [2.05, 4.69) is 38.1 Å². The molecule has 0 bridgehead atoms. The number of nitrogens with zero attached hydrogens (tertiary/aromatic N) is 1. The van der Waals surface area contributed by atoms with Crippen LogP contribution in [-0.4, -0.2) is 28.1 Å². The van der Waals surface area contributed by atoms with E-state index in [9.17, 15) is 4.79 Å². The first-order valence-electron chi connectivity index (χ1n) is 6.86. The van der Waals surface area contributed by atoms with Crippen LogP contribution in [0, 0.1) is 11.8 Å². The van der Waals surface area contributed by atoms with E-state index in [0.29, 0.717) is 5.75 Å². The Labute approximate surface area is 152 Å². The Morgan fingerprint density at radius 1 is 1.52 bits per heavy atom. The van der Waals surface area contributed by atoms with Crippen LogP contribution >= 0.6 is 39.0 Å². The maximum Gasteiger partial charge on any atom is 0.272 e. The number of nitrogens with one attached hydrogen (secondary N) is 1. The number of benzene rings is 1. The van der Waals surface area contributed by atoms with Crippen molar-refractivity contribution in [2.45, 2.75) is 31.7 Å². The Kier molecular flexibility index (Phi) is 5.95. The number of thiazole rings is 1. The highest BCUT2D eigenvalue weighted by atomic mass is 79.9. The molecule has 1 atom stereocenters. The first-order valence-corrected chi connectivity index (χ1v) is 9.76. The molecule has 1 heterocycles. The quantitative estimate of drug-likeness (QED) is 0.594. The first-order chi connectivity index (χ1) is 10.8. The van der Waals surface area contributed by atoms with Crippen molar-refractivity contribution in [1.82, 2.24) is 10.3 Å². The summed E-state index contributed by atoms with van der Waals surface area (Å²) >= 11 is 6.23. The van der Waals surface area contributed by atoms with Crippen LogP contribution in [0.2, 0.25) is 0 Å². The van der Waals surface area contributed by atoms with E-state index in [0.717, 1.165) is 14.1 Å². The van der Waals surface area contributed by atoms with Crippen molar-refractivity contribution in [3.63, 3.8) is 0 Å². The van der Waals surface area contributed by atoms with Crippen LogP contribution in [0.1, 0.15) is 20.8 Å². The van der Waals surface area contributed by atoms with E-state index >= 15 is 0 Å². The molecule has 1 unspecified atom stereocenters. The predicted octanol–water partition coefficient (Wildman–Crippen LogP) is 4.04. The lowest BCUT2D eigenvalue weighted by Gasteiger charge is -2.23. The van der Waals surface area contributed by atoms with Gasteiger partial charge >= 0.3 is 0 Å². The van der Waals surface area contributed by atoms with Crippen LogP contribution in [0.25, 0.3) is 10.2 Å². The van der Waals surface area contributed by atoms with Crippen molar-refractivity contribution in [2.75, 3.05) is 6.26 Å². The van der Waals surface area contributed by atoms with Crippen molar-refractivity contribution >= 4 is 55.2 Å². The topological polar surface area (TPSA) is 51.2 Å². The Morgan fingerprint density at radius 2 is 2.26 bits per heavy atom. The third-order valence-corrected chi connectivity index (χ3v) is 5.09. The maximum atomic E-state index is 12.4. The van der Waals surface area contributed by atoms with Crippen molar-refractivity contribution in [1.29, 1.82) is 0 Å². The number of aromatic nitrogens is 1. The fourth-order valence-electron chi connectivity index (χ4n) is 1.99. The minimum atomic E-state index is -0.637. The van der Waals surface area contributed by atoms with Gasteiger partial charge in [0, 0.05) is 0 Å². The number of rotatable bonds is 5. The predicted molar refractivity (Wildman–Crippen MR) is 101 cm³/mol. The minimum Gasteiger partial charge on any atom is -0.470 e. The highest BCUT2D eigenvalue weighted by Crippen LogP contribution is 2.30. The number of amides is 1. The SMILES string of the molecule is CC#CC(C)(C)NC(=O)C(Oc1ccc2nc(Br)sc2c1)SC. The summed E-state index contributed by atoms with van der Waals surface area (Å²) in [5, 5.41) is 2.89. The number of thioether (sulfide) groups is 1. The highest BCUT2D eigenvalue weighted by Gasteiger charge is 2.25. The molecule has 0 aliphatic rings. The zero-order valence-corrected chi connectivity index (χ0v) is 16.5. The lowest BCUT2D eigenvalue weighted by molar-refractivity contribution is -0.125. The third kappa shape index (κ3) is 4.87. The fourth-order valence-corrected chi connectivity index (χ4v) is 3.91. The van der Waals surface area contributed by atoms with Gasteiger partial charge in [-0.15, -0.1) is 29.0 Å². The van der Waals surface area contributed by atoms with Crippen molar-refractivity contribution in [2.24, 2.45) is 0 Å². The van der Waals surface area contributed by atoms with Crippen LogP contribution in [0.5, 0.6) is 5.75 Å². The maximum absolute atomic E-state index is 12.4. The molecule has 0 saturated carbocycles. The molecule has 2 aromatic rings. The Morgan fingerprint density at radius 3 is 2.91 bits per heavy atom. The second-order valence-corrected chi connectivity index (χ2v) is 8.48. The Hall–Kier alpha value is -1.23. The molecule has 1 N–H and O–H groups in total. The number of hydrogen-bond donors (Lipinski definition) is 1. The van der Waals surface area contributed by atoms with Crippen molar-refractivity contribution in [3.8, 4) is 17.6 Å². The molecule has 122 valence electrons. The van der Waals surface area contributed by atoms with E-state index in [1.807, 2.05) is 38.3 Å². The molecule has 1 amide bonds. The molecule has 0 spiro atoms. The van der Waals surface area contributed by atoms with E-state index in [-0.39, 0.29) is 5.91 Å². The molecule has 1 aromatic carbocycles. The largest absolute Gasteiger partial charge is 0.470 e. The molecule has 1 aromatic heterocycles. The van der Waals surface area contributed by atoms with Gasteiger partial charge in [-0.3, -0.25) is 4.79 Å². The summed E-state index contributed by atoms with van der Waals surface area (Å²) in [7, 11) is 0. The Balaban J connectivity index is 2.13. The summed E-state index contributed by atoms with van der Waals surface area (Å²) in [6.07, 6.45) is 1.84. The molecule has 0 saturated heterocycles. The molecular formula is C16H17BrN2O2S2. The fraction of sp³-hybridized carbons (Fsp3) is 0.375. The zero-order chi connectivity index (χ0) is 17.0. The van der Waals surface area contributed by atoms with Gasteiger partial charge in [-0.05, 0) is 61.2 Å². The average molecular weight is 413 g/mol. The number of fused-ring (bicyclic) bond motifs is 1. The number of carbonyl (C=O) groups excluding carboxylic acids is 1. The molecular weight excluding hydrogens is 396 g/mol. The van der Waals surface area contributed by atoms with Gasteiger partial charge in [0.05, 0.1) is 15.8 Å². The number of hydrogen-bond acceptors (Lipinski definition) is 5. The summed E-state index contributed by atoms with van der Waals surface area (Å²) < 4.78 is 7.66. The van der Waals surface area contributed by atoms with Crippen LogP contribution in [0.15, 0.2) is 22.1 Å². The molecule has 7 heteroatoms. The van der Waals surface area contributed by atoms with Crippen molar-refractivity contribution < 1.29 is 9.53 Å². The van der Waals surface area contributed by atoms with Gasteiger partial charge in [-0.1, -0.05) is 5.92 Å². The van der Waals surface area contributed by atoms with E-state index in [4.69, 9.17) is 4.74 Å². The van der Waals surface area contributed by atoms with Gasteiger partial charge in [0.25, 0.3) is 5.91 Å². The molecule has 4 nitrogen and oxygen atoms in total. The van der Waals surface area contributed by atoms with Gasteiger partial charge in [0.2, 0.25) is 5.44 Å². The number of ether oxygens (including phenoxy) is 1. The molecule has 0 aliphatic carbocycles. The van der Waals surface area contributed by atoms with E-state index < -0.39 is 11.0 Å². The monoisotopic (exact) mass is 412 g/mol. The van der Waals surface area contributed by atoms with Crippen LogP contribution in [0.4, 0.5) is 0 Å². The zero-order valence-electron chi connectivity index (χ0n) is 13.3. The Bertz CT molecular complexity index is 777. The van der Waals surface area contributed by atoms with E-state index in [1.165, 1.54) is 23.1 Å². The molecule has 23 heavy (non-hydrogen) atoms. The molecule has 2 rings (SSSR count).